The molecule has 0 radical (unpaired) electrons. The van der Waals surface area contributed by atoms with Crippen molar-refractivity contribution in [1.29, 1.82) is 0 Å². The van der Waals surface area contributed by atoms with E-state index in [1.54, 1.807) is 33.8 Å². The molecule has 6 heteroatoms. The van der Waals surface area contributed by atoms with Crippen LogP contribution < -0.4 is 0 Å². The zero-order chi connectivity index (χ0) is 14.1. The van der Waals surface area contributed by atoms with Crippen molar-refractivity contribution in [1.82, 2.24) is 0 Å². The minimum Gasteiger partial charge on any atom is -0.458 e. The van der Waals surface area contributed by atoms with E-state index in [4.69, 9.17) is 4.74 Å². The van der Waals surface area contributed by atoms with Gasteiger partial charge in [0, 0.05) is 28.1 Å². The van der Waals surface area contributed by atoms with Gasteiger partial charge in [0.25, 0.3) is 0 Å². The predicted octanol–water partition coefficient (Wildman–Crippen LogP) is 2.98. The highest BCUT2D eigenvalue weighted by molar-refractivity contribution is 9.11. The second-order valence-corrected chi connectivity index (χ2v) is 5.70. The van der Waals surface area contributed by atoms with Crippen LogP contribution in [0.4, 0.5) is 4.79 Å². The molecule has 0 aromatic rings. The largest absolute Gasteiger partial charge is 0.525 e. The Hall–Kier alpha value is -1.14. The molecule has 1 amide bonds. The van der Waals surface area contributed by atoms with Gasteiger partial charge in [0.1, 0.15) is 5.54 Å². The van der Waals surface area contributed by atoms with Crippen molar-refractivity contribution in [2.45, 2.75) is 33.2 Å². The number of rotatable bonds is 2. The van der Waals surface area contributed by atoms with Crippen LogP contribution in [0.2, 0.25) is 0 Å². The van der Waals surface area contributed by atoms with Crippen LogP contribution in [0.3, 0.4) is 0 Å². The van der Waals surface area contributed by atoms with Crippen LogP contribution in [0, 0.1) is 0 Å². The first kappa shape index (κ1) is 14.9. The van der Waals surface area contributed by atoms with Crippen molar-refractivity contribution in [2.24, 2.45) is 0 Å². The number of ether oxygens (including phenoxy) is 1. The van der Waals surface area contributed by atoms with Crippen LogP contribution >= 0.6 is 15.9 Å². The number of nitrogens with zero attached hydrogens (tertiary/aromatic N) is 1. The third kappa shape index (κ3) is 1.99. The molecule has 100 valence electrons. The lowest BCUT2D eigenvalue weighted by Gasteiger charge is -2.40. The quantitative estimate of drug-likeness (QED) is 0.483. The molecule has 18 heavy (non-hydrogen) atoms. The lowest BCUT2D eigenvalue weighted by atomic mass is 10.0. The fourth-order valence-electron chi connectivity index (χ4n) is 2.06. The minimum atomic E-state index is -1.12. The van der Waals surface area contributed by atoms with Gasteiger partial charge in [0.2, 0.25) is 5.70 Å². The van der Waals surface area contributed by atoms with Crippen molar-refractivity contribution in [3.8, 4) is 0 Å². The molecule has 0 aromatic carbocycles. The Balaban J connectivity index is 3.38. The van der Waals surface area contributed by atoms with Crippen LogP contribution in [-0.4, -0.2) is 33.8 Å². The van der Waals surface area contributed by atoms with Crippen LogP contribution in [0.5, 0.6) is 0 Å². The first-order valence-electron chi connectivity index (χ1n) is 5.58. The summed E-state index contributed by atoms with van der Waals surface area (Å²) in [7, 11) is 0. The van der Waals surface area contributed by atoms with Crippen LogP contribution in [0.15, 0.2) is 22.5 Å². The van der Waals surface area contributed by atoms with Gasteiger partial charge < -0.3 is 9.84 Å². The number of carboxylic acid groups (broad SMARTS) is 1. The Morgan fingerprint density at radius 3 is 2.33 bits per heavy atom. The third-order valence-electron chi connectivity index (χ3n) is 2.84. The fraction of sp³-hybridized carbons (Fsp3) is 0.500. The van der Waals surface area contributed by atoms with E-state index in [1.165, 1.54) is 6.08 Å². The van der Waals surface area contributed by atoms with E-state index in [-0.39, 0.29) is 12.3 Å². The highest BCUT2D eigenvalue weighted by Gasteiger charge is 2.59. The molecule has 1 unspecified atom stereocenters. The smallest absolute Gasteiger partial charge is 0.458 e. The van der Waals surface area contributed by atoms with Gasteiger partial charge in [0.15, 0.2) is 4.61 Å². The number of carbonyl (C=O) groups is 2. The van der Waals surface area contributed by atoms with Gasteiger partial charge in [-0.15, -0.1) is 4.48 Å². The SMILES string of the molecule is CCOC(=O)C1=CC=C(Br)[N+]1(C(=O)O)C(C)(C)C. The number of hydrogen-bond donors (Lipinski definition) is 1. The average Bonchev–Trinajstić information content (AvgIpc) is 2.56. The summed E-state index contributed by atoms with van der Waals surface area (Å²) in [6, 6.07) is 0. The number of carbonyl (C=O) groups excluding carboxylic acids is 1. The second-order valence-electron chi connectivity index (χ2n) is 4.89. The maximum atomic E-state index is 11.9. The molecule has 1 atom stereocenters. The summed E-state index contributed by atoms with van der Waals surface area (Å²) < 4.78 is 4.75. The first-order valence-corrected chi connectivity index (χ1v) is 6.37. The maximum absolute atomic E-state index is 11.9. The molecular formula is C12H17BrNO4+. The molecule has 1 rings (SSSR count). The summed E-state index contributed by atoms with van der Waals surface area (Å²) in [5.74, 6) is -0.611. The van der Waals surface area contributed by atoms with Crippen molar-refractivity contribution in [3.63, 3.8) is 0 Å². The number of allylic oxidation sites excluding steroid dienone is 2. The Morgan fingerprint density at radius 1 is 1.39 bits per heavy atom. The predicted molar refractivity (Wildman–Crippen MR) is 69.8 cm³/mol. The van der Waals surface area contributed by atoms with E-state index in [2.05, 4.69) is 15.9 Å². The normalized spacial score (nSPS) is 23.4. The molecule has 0 bridgehead atoms. The molecule has 0 aromatic heterocycles. The van der Waals surface area contributed by atoms with E-state index in [9.17, 15) is 14.7 Å². The van der Waals surface area contributed by atoms with Crippen LogP contribution in [0.25, 0.3) is 0 Å². The Kier molecular flexibility index (Phi) is 4.02. The van der Waals surface area contributed by atoms with Gasteiger partial charge in [-0.3, -0.25) is 0 Å². The molecule has 0 spiro atoms. The number of esters is 1. The summed E-state index contributed by atoms with van der Waals surface area (Å²) in [5.41, 5.74) is -0.625. The minimum absolute atomic E-state index is 0.101. The van der Waals surface area contributed by atoms with Crippen molar-refractivity contribution >= 4 is 28.0 Å². The van der Waals surface area contributed by atoms with Gasteiger partial charge in [-0.2, -0.15) is 4.79 Å². The molecule has 0 saturated heterocycles. The summed E-state index contributed by atoms with van der Waals surface area (Å²) in [5, 5.41) is 9.61. The van der Waals surface area contributed by atoms with E-state index in [0.29, 0.717) is 4.61 Å². The number of halogens is 1. The Morgan fingerprint density at radius 2 is 1.94 bits per heavy atom. The van der Waals surface area contributed by atoms with E-state index in [1.807, 2.05) is 0 Å². The van der Waals surface area contributed by atoms with Gasteiger partial charge in [-0.25, -0.2) is 4.79 Å². The summed E-state index contributed by atoms with van der Waals surface area (Å²) in [4.78, 5) is 23.7. The molecule has 1 heterocycles. The molecule has 0 aliphatic carbocycles. The van der Waals surface area contributed by atoms with Crippen molar-refractivity contribution in [2.75, 3.05) is 6.61 Å². The number of amides is 1. The third-order valence-corrected chi connectivity index (χ3v) is 3.63. The molecule has 1 aliphatic heterocycles. The summed E-state index contributed by atoms with van der Waals surface area (Å²) in [6.07, 6.45) is 1.94. The summed E-state index contributed by atoms with van der Waals surface area (Å²) in [6.45, 7) is 7.16. The Labute approximate surface area is 114 Å². The standard InChI is InChI=1S/C12H16BrNO4/c1-5-18-10(15)8-6-7-9(13)14(8,11(16)17)12(2,3)4/h6-7H,5H2,1-4H3/p+1. The second kappa shape index (κ2) is 4.85. The lowest BCUT2D eigenvalue weighted by molar-refractivity contribution is -0.816. The van der Waals surface area contributed by atoms with Gasteiger partial charge in [0.05, 0.1) is 6.61 Å². The molecule has 1 aliphatic rings. The van der Waals surface area contributed by atoms with Crippen LogP contribution in [-0.2, 0) is 9.53 Å². The molecular weight excluding hydrogens is 302 g/mol. The van der Waals surface area contributed by atoms with Gasteiger partial charge in [-0.05, 0) is 27.7 Å². The van der Waals surface area contributed by atoms with Crippen LogP contribution in [0.1, 0.15) is 27.7 Å². The molecule has 1 N–H and O–H groups in total. The summed E-state index contributed by atoms with van der Waals surface area (Å²) >= 11 is 3.25. The zero-order valence-corrected chi connectivity index (χ0v) is 12.4. The highest BCUT2D eigenvalue weighted by atomic mass is 79.9. The monoisotopic (exact) mass is 318 g/mol. The van der Waals surface area contributed by atoms with E-state index >= 15 is 0 Å². The Bertz CT molecular complexity index is 447. The van der Waals surface area contributed by atoms with Crippen molar-refractivity contribution in [3.05, 3.63) is 22.5 Å². The lowest BCUT2D eigenvalue weighted by Crippen LogP contribution is -2.60. The molecule has 0 saturated carbocycles. The van der Waals surface area contributed by atoms with E-state index in [0.717, 1.165) is 0 Å². The number of hydrogen-bond acceptors (Lipinski definition) is 3. The van der Waals surface area contributed by atoms with Crippen molar-refractivity contribution < 1.29 is 23.9 Å². The topological polar surface area (TPSA) is 63.6 Å². The zero-order valence-electron chi connectivity index (χ0n) is 10.9. The first-order chi connectivity index (χ1) is 8.19. The average molecular weight is 319 g/mol. The fourth-order valence-corrected chi connectivity index (χ4v) is 3.07. The highest BCUT2D eigenvalue weighted by Crippen LogP contribution is 2.44. The number of quaternary nitrogens is 1. The van der Waals surface area contributed by atoms with E-state index < -0.39 is 22.1 Å². The maximum Gasteiger partial charge on any atom is 0.525 e. The van der Waals surface area contributed by atoms with Gasteiger partial charge >= 0.3 is 12.1 Å². The molecule has 0 fully saturated rings. The molecule has 5 nitrogen and oxygen atoms in total. The van der Waals surface area contributed by atoms with Gasteiger partial charge in [-0.1, -0.05) is 0 Å².